The highest BCUT2D eigenvalue weighted by Gasteiger charge is 2.02. The van der Waals surface area contributed by atoms with Crippen LogP contribution in [0, 0.1) is 0 Å². The minimum absolute atomic E-state index is 0.0204. The third kappa shape index (κ3) is 8.04. The van der Waals surface area contributed by atoms with Gasteiger partial charge in [0.1, 0.15) is 11.5 Å². The topological polar surface area (TPSA) is 131 Å². The Labute approximate surface area is 140 Å². The number of phenolic OH excluding ortho intramolecular Hbond substituents is 2. The van der Waals surface area contributed by atoms with E-state index in [1.54, 1.807) is 5.48 Å². The van der Waals surface area contributed by atoms with Crippen LogP contribution in [0.4, 0.5) is 0 Å². The van der Waals surface area contributed by atoms with E-state index in [1.165, 1.54) is 30.5 Å². The number of hydrazine groups is 1. The van der Waals surface area contributed by atoms with Gasteiger partial charge in [-0.25, -0.2) is 5.48 Å². The molecule has 0 saturated carbocycles. The standard InChI is InChI=1S/C16H23N3O5/c20-13-7-8-14(21)12(11-13)9-10-17-18-15(22)5-3-1-2-4-6-16(23)19-24/h7-11,17,20-21,24H,1-6H2,(H,18,22)(H,19,23)/b10-9+. The molecule has 0 fully saturated rings. The van der Waals surface area contributed by atoms with Crippen LogP contribution in [0.25, 0.3) is 6.08 Å². The highest BCUT2D eigenvalue weighted by molar-refractivity contribution is 5.75. The molecule has 24 heavy (non-hydrogen) atoms. The molecule has 8 nitrogen and oxygen atoms in total. The first kappa shape index (κ1) is 19.3. The summed E-state index contributed by atoms with van der Waals surface area (Å²) in [5.41, 5.74) is 7.08. The van der Waals surface area contributed by atoms with Crippen LogP contribution in [0.2, 0.25) is 0 Å². The third-order valence-electron chi connectivity index (χ3n) is 3.25. The smallest absolute Gasteiger partial charge is 0.243 e. The molecule has 0 spiro atoms. The molecule has 1 aromatic carbocycles. The maximum atomic E-state index is 11.6. The number of nitrogens with one attached hydrogen (secondary N) is 3. The van der Waals surface area contributed by atoms with Gasteiger partial charge in [0.05, 0.1) is 0 Å². The van der Waals surface area contributed by atoms with Crippen LogP contribution in [0.15, 0.2) is 24.4 Å². The third-order valence-corrected chi connectivity index (χ3v) is 3.25. The number of aromatic hydroxyl groups is 2. The Balaban J connectivity index is 2.12. The number of unbranched alkanes of at least 4 members (excludes halogenated alkanes) is 3. The summed E-state index contributed by atoms with van der Waals surface area (Å²) in [5, 5.41) is 27.2. The van der Waals surface area contributed by atoms with E-state index in [9.17, 15) is 19.8 Å². The number of carbonyl (C=O) groups is 2. The van der Waals surface area contributed by atoms with Gasteiger partial charge in [0.2, 0.25) is 11.8 Å². The summed E-state index contributed by atoms with van der Waals surface area (Å²) in [7, 11) is 0. The fourth-order valence-corrected chi connectivity index (χ4v) is 1.97. The fourth-order valence-electron chi connectivity index (χ4n) is 1.97. The molecule has 0 unspecified atom stereocenters. The number of hydrogen-bond donors (Lipinski definition) is 6. The van der Waals surface area contributed by atoms with E-state index in [0.29, 0.717) is 24.8 Å². The maximum absolute atomic E-state index is 11.6. The molecule has 6 N–H and O–H groups in total. The van der Waals surface area contributed by atoms with Crippen LogP contribution in [0.1, 0.15) is 44.1 Å². The second-order valence-corrected chi connectivity index (χ2v) is 5.22. The normalized spacial score (nSPS) is 10.5. The number of benzene rings is 1. The number of amides is 2. The molecule has 0 atom stereocenters. The van der Waals surface area contributed by atoms with Crippen molar-refractivity contribution in [1.82, 2.24) is 16.3 Å². The quantitative estimate of drug-likeness (QED) is 0.166. The fraction of sp³-hybridized carbons (Fsp3) is 0.375. The Kier molecular flexibility index (Phi) is 8.77. The first-order valence-electron chi connectivity index (χ1n) is 7.68. The predicted molar refractivity (Wildman–Crippen MR) is 87.7 cm³/mol. The average Bonchev–Trinajstić information content (AvgIpc) is 2.57. The lowest BCUT2D eigenvalue weighted by Crippen LogP contribution is -2.33. The summed E-state index contributed by atoms with van der Waals surface area (Å²) >= 11 is 0. The molecule has 0 radical (unpaired) electrons. The summed E-state index contributed by atoms with van der Waals surface area (Å²) in [4.78, 5) is 22.3. The van der Waals surface area contributed by atoms with Crippen molar-refractivity contribution < 1.29 is 25.0 Å². The van der Waals surface area contributed by atoms with Crippen molar-refractivity contribution in [2.24, 2.45) is 0 Å². The Hall–Kier alpha value is -2.74. The van der Waals surface area contributed by atoms with Crippen molar-refractivity contribution in [3.05, 3.63) is 30.0 Å². The molecule has 1 aromatic rings. The molecule has 0 aromatic heterocycles. The molecule has 0 saturated heterocycles. The molecule has 8 heteroatoms. The van der Waals surface area contributed by atoms with Crippen LogP contribution in [0.3, 0.4) is 0 Å². The van der Waals surface area contributed by atoms with Gasteiger partial charge in [0.15, 0.2) is 0 Å². The second-order valence-electron chi connectivity index (χ2n) is 5.22. The summed E-state index contributed by atoms with van der Waals surface area (Å²) in [6.07, 6.45) is 6.58. The minimum atomic E-state index is -0.401. The molecule has 0 aliphatic heterocycles. The largest absolute Gasteiger partial charge is 0.508 e. The van der Waals surface area contributed by atoms with Gasteiger partial charge in [-0.3, -0.25) is 20.2 Å². The molecular weight excluding hydrogens is 314 g/mol. The van der Waals surface area contributed by atoms with Crippen molar-refractivity contribution in [2.45, 2.75) is 38.5 Å². The van der Waals surface area contributed by atoms with Crippen molar-refractivity contribution in [3.8, 4) is 11.5 Å². The molecule has 2 amide bonds. The lowest BCUT2D eigenvalue weighted by Gasteiger charge is -2.05. The van der Waals surface area contributed by atoms with Gasteiger partial charge in [-0.1, -0.05) is 12.8 Å². The zero-order valence-corrected chi connectivity index (χ0v) is 13.3. The Morgan fingerprint density at radius 1 is 1.00 bits per heavy atom. The van der Waals surface area contributed by atoms with Gasteiger partial charge < -0.3 is 15.6 Å². The summed E-state index contributed by atoms with van der Waals surface area (Å²) in [6, 6.07) is 4.14. The Morgan fingerprint density at radius 3 is 2.33 bits per heavy atom. The van der Waals surface area contributed by atoms with Crippen molar-refractivity contribution in [3.63, 3.8) is 0 Å². The minimum Gasteiger partial charge on any atom is -0.508 e. The first-order valence-corrected chi connectivity index (χ1v) is 7.68. The monoisotopic (exact) mass is 337 g/mol. The number of hydrogen-bond acceptors (Lipinski definition) is 6. The highest BCUT2D eigenvalue weighted by atomic mass is 16.5. The Bertz CT molecular complexity index is 575. The van der Waals surface area contributed by atoms with Gasteiger partial charge in [0.25, 0.3) is 0 Å². The van der Waals surface area contributed by atoms with Crippen molar-refractivity contribution >= 4 is 17.9 Å². The number of carbonyl (C=O) groups excluding carboxylic acids is 2. The van der Waals surface area contributed by atoms with Gasteiger partial charge in [0, 0.05) is 24.6 Å². The average molecular weight is 337 g/mol. The van der Waals surface area contributed by atoms with E-state index in [0.717, 1.165) is 12.8 Å². The van der Waals surface area contributed by atoms with Crippen LogP contribution in [-0.4, -0.2) is 27.2 Å². The molecular formula is C16H23N3O5. The summed E-state index contributed by atoms with van der Waals surface area (Å²) in [5.74, 6) is -0.519. The van der Waals surface area contributed by atoms with Crippen molar-refractivity contribution in [2.75, 3.05) is 0 Å². The molecule has 0 bridgehead atoms. The number of phenols is 2. The van der Waals surface area contributed by atoms with Crippen LogP contribution >= 0.6 is 0 Å². The first-order chi connectivity index (χ1) is 11.5. The van der Waals surface area contributed by atoms with Crippen LogP contribution in [0.5, 0.6) is 11.5 Å². The SMILES string of the molecule is O=C(CCCCCCC(=O)NN/C=C/c1cc(O)ccc1O)NO. The zero-order chi connectivity index (χ0) is 17.8. The van der Waals surface area contributed by atoms with Gasteiger partial charge in [-0.2, -0.15) is 0 Å². The van der Waals surface area contributed by atoms with E-state index in [2.05, 4.69) is 10.9 Å². The molecule has 0 aliphatic carbocycles. The lowest BCUT2D eigenvalue weighted by molar-refractivity contribution is -0.129. The number of rotatable bonds is 10. The van der Waals surface area contributed by atoms with E-state index >= 15 is 0 Å². The van der Waals surface area contributed by atoms with E-state index in [1.807, 2.05) is 0 Å². The van der Waals surface area contributed by atoms with Gasteiger partial charge in [-0.05, 0) is 37.1 Å². The van der Waals surface area contributed by atoms with E-state index in [-0.39, 0.29) is 23.8 Å². The lowest BCUT2D eigenvalue weighted by atomic mass is 10.1. The summed E-state index contributed by atoms with van der Waals surface area (Å²) in [6.45, 7) is 0. The van der Waals surface area contributed by atoms with E-state index in [4.69, 9.17) is 5.21 Å². The van der Waals surface area contributed by atoms with E-state index < -0.39 is 5.91 Å². The van der Waals surface area contributed by atoms with Crippen molar-refractivity contribution in [1.29, 1.82) is 0 Å². The zero-order valence-electron chi connectivity index (χ0n) is 13.3. The number of hydroxylamine groups is 1. The maximum Gasteiger partial charge on any atom is 0.243 e. The molecule has 0 heterocycles. The Morgan fingerprint density at radius 2 is 1.67 bits per heavy atom. The van der Waals surface area contributed by atoms with Gasteiger partial charge >= 0.3 is 0 Å². The molecule has 0 aliphatic rings. The highest BCUT2D eigenvalue weighted by Crippen LogP contribution is 2.22. The molecule has 1 rings (SSSR count). The van der Waals surface area contributed by atoms with Crippen LogP contribution in [-0.2, 0) is 9.59 Å². The predicted octanol–water partition coefficient (Wildman–Crippen LogP) is 1.54. The van der Waals surface area contributed by atoms with Gasteiger partial charge in [-0.15, -0.1) is 0 Å². The van der Waals surface area contributed by atoms with Crippen LogP contribution < -0.4 is 16.3 Å². The second kappa shape index (κ2) is 10.9. The molecule has 132 valence electrons. The summed E-state index contributed by atoms with van der Waals surface area (Å²) < 4.78 is 0.